The highest BCUT2D eigenvalue weighted by molar-refractivity contribution is 5.82. The molecule has 1 fully saturated rings. The highest BCUT2D eigenvalue weighted by Crippen LogP contribution is 2.16. The van der Waals surface area contributed by atoms with E-state index in [2.05, 4.69) is 17.1 Å². The molecule has 1 amide bonds. The quantitative estimate of drug-likeness (QED) is 0.755. The molecular weight excluding hydrogens is 202 g/mol. The predicted octanol–water partition coefficient (Wildman–Crippen LogP) is 0.395. The number of nitrogens with one attached hydrogen (secondary N) is 1. The van der Waals surface area contributed by atoms with Gasteiger partial charge < -0.3 is 15.1 Å². The van der Waals surface area contributed by atoms with Gasteiger partial charge in [-0.25, -0.2) is 0 Å². The SMILES string of the molecule is CC1CCCNC1C(=O)N(C)CCN(C)C. The van der Waals surface area contributed by atoms with Crippen LogP contribution in [0.5, 0.6) is 0 Å². The van der Waals surface area contributed by atoms with E-state index in [1.165, 1.54) is 6.42 Å². The molecule has 0 spiro atoms. The summed E-state index contributed by atoms with van der Waals surface area (Å²) in [7, 11) is 5.95. The summed E-state index contributed by atoms with van der Waals surface area (Å²) in [5, 5.41) is 3.33. The van der Waals surface area contributed by atoms with Gasteiger partial charge in [-0.05, 0) is 39.4 Å². The van der Waals surface area contributed by atoms with Crippen LogP contribution in [0.1, 0.15) is 19.8 Å². The molecule has 1 aliphatic heterocycles. The fraction of sp³-hybridized carbons (Fsp3) is 0.917. The Morgan fingerprint density at radius 2 is 2.00 bits per heavy atom. The molecule has 1 aliphatic rings. The first-order chi connectivity index (χ1) is 7.52. The molecule has 1 saturated heterocycles. The fourth-order valence-electron chi connectivity index (χ4n) is 2.08. The lowest BCUT2D eigenvalue weighted by molar-refractivity contribution is -0.134. The Balaban J connectivity index is 2.42. The maximum atomic E-state index is 12.2. The van der Waals surface area contributed by atoms with Crippen molar-refractivity contribution in [1.29, 1.82) is 0 Å². The van der Waals surface area contributed by atoms with E-state index < -0.39 is 0 Å². The summed E-state index contributed by atoms with van der Waals surface area (Å²) in [6, 6.07) is 0.0286. The molecule has 0 aromatic rings. The van der Waals surface area contributed by atoms with Crippen LogP contribution in [0.3, 0.4) is 0 Å². The van der Waals surface area contributed by atoms with Crippen molar-refractivity contribution in [2.24, 2.45) is 5.92 Å². The van der Waals surface area contributed by atoms with Gasteiger partial charge >= 0.3 is 0 Å². The second-order valence-electron chi connectivity index (χ2n) is 5.11. The zero-order chi connectivity index (χ0) is 12.1. The van der Waals surface area contributed by atoms with E-state index in [0.717, 1.165) is 26.1 Å². The van der Waals surface area contributed by atoms with Crippen molar-refractivity contribution >= 4 is 5.91 Å². The van der Waals surface area contributed by atoms with Gasteiger partial charge in [-0.1, -0.05) is 6.92 Å². The Hall–Kier alpha value is -0.610. The summed E-state index contributed by atoms with van der Waals surface area (Å²) in [5.41, 5.74) is 0. The molecule has 1 heterocycles. The molecular formula is C12H25N3O. The molecule has 1 rings (SSSR count). The molecule has 2 atom stereocenters. The number of nitrogens with zero attached hydrogens (tertiary/aromatic N) is 2. The first-order valence-electron chi connectivity index (χ1n) is 6.15. The topological polar surface area (TPSA) is 35.6 Å². The van der Waals surface area contributed by atoms with Crippen molar-refractivity contribution in [3.05, 3.63) is 0 Å². The van der Waals surface area contributed by atoms with E-state index in [1.54, 1.807) is 0 Å². The lowest BCUT2D eigenvalue weighted by atomic mass is 9.92. The van der Waals surface area contributed by atoms with Crippen molar-refractivity contribution in [1.82, 2.24) is 15.1 Å². The molecule has 2 unspecified atom stereocenters. The number of carbonyl (C=O) groups is 1. The van der Waals surface area contributed by atoms with Gasteiger partial charge in [0.05, 0.1) is 6.04 Å². The van der Waals surface area contributed by atoms with Crippen LogP contribution in [0.15, 0.2) is 0 Å². The second kappa shape index (κ2) is 6.21. The van der Waals surface area contributed by atoms with E-state index in [9.17, 15) is 4.79 Å². The standard InChI is InChI=1S/C12H25N3O/c1-10-6-5-7-13-11(10)12(16)15(4)9-8-14(2)3/h10-11,13H,5-9H2,1-4H3. The molecule has 0 radical (unpaired) electrons. The highest BCUT2D eigenvalue weighted by Gasteiger charge is 2.29. The number of hydrogen-bond acceptors (Lipinski definition) is 3. The van der Waals surface area contributed by atoms with E-state index in [-0.39, 0.29) is 11.9 Å². The van der Waals surface area contributed by atoms with Gasteiger partial charge in [0.1, 0.15) is 0 Å². The van der Waals surface area contributed by atoms with Crippen LogP contribution in [0.2, 0.25) is 0 Å². The van der Waals surface area contributed by atoms with Crippen molar-refractivity contribution in [2.75, 3.05) is 40.8 Å². The normalized spacial score (nSPS) is 25.8. The van der Waals surface area contributed by atoms with Crippen molar-refractivity contribution in [3.63, 3.8) is 0 Å². The van der Waals surface area contributed by atoms with Crippen LogP contribution in [0.4, 0.5) is 0 Å². The van der Waals surface area contributed by atoms with E-state index >= 15 is 0 Å². The zero-order valence-corrected chi connectivity index (χ0v) is 11.0. The lowest BCUT2D eigenvalue weighted by Gasteiger charge is -2.32. The molecule has 0 bridgehead atoms. The summed E-state index contributed by atoms with van der Waals surface area (Å²) < 4.78 is 0. The van der Waals surface area contributed by atoms with Crippen LogP contribution >= 0.6 is 0 Å². The Morgan fingerprint density at radius 3 is 2.56 bits per heavy atom. The fourth-order valence-corrected chi connectivity index (χ4v) is 2.08. The number of amides is 1. The van der Waals surface area contributed by atoms with Crippen molar-refractivity contribution in [3.8, 4) is 0 Å². The van der Waals surface area contributed by atoms with Crippen LogP contribution in [-0.4, -0.2) is 62.5 Å². The largest absolute Gasteiger partial charge is 0.343 e. The Morgan fingerprint density at radius 1 is 1.31 bits per heavy atom. The first kappa shape index (κ1) is 13.5. The van der Waals surface area contributed by atoms with Gasteiger partial charge in [-0.2, -0.15) is 0 Å². The summed E-state index contributed by atoms with van der Waals surface area (Å²) in [4.78, 5) is 16.1. The minimum atomic E-state index is 0.0286. The van der Waals surface area contributed by atoms with Crippen LogP contribution in [0.25, 0.3) is 0 Å². The third kappa shape index (κ3) is 3.76. The minimum absolute atomic E-state index is 0.0286. The van der Waals surface area contributed by atoms with Crippen LogP contribution in [0, 0.1) is 5.92 Å². The second-order valence-corrected chi connectivity index (χ2v) is 5.11. The van der Waals surface area contributed by atoms with Crippen molar-refractivity contribution < 1.29 is 4.79 Å². The summed E-state index contributed by atoms with van der Waals surface area (Å²) >= 11 is 0. The van der Waals surface area contributed by atoms with Crippen molar-refractivity contribution in [2.45, 2.75) is 25.8 Å². The van der Waals surface area contributed by atoms with Gasteiger partial charge in [0, 0.05) is 20.1 Å². The Bertz CT molecular complexity index is 230. The number of piperidine rings is 1. The number of hydrogen-bond donors (Lipinski definition) is 1. The zero-order valence-electron chi connectivity index (χ0n) is 11.0. The van der Waals surface area contributed by atoms with Gasteiger partial charge in [0.25, 0.3) is 0 Å². The summed E-state index contributed by atoms with van der Waals surface area (Å²) in [5.74, 6) is 0.706. The van der Waals surface area contributed by atoms with Gasteiger partial charge in [0.2, 0.25) is 5.91 Å². The minimum Gasteiger partial charge on any atom is -0.343 e. The molecule has 0 aromatic heterocycles. The maximum Gasteiger partial charge on any atom is 0.239 e. The van der Waals surface area contributed by atoms with E-state index in [1.807, 2.05) is 26.0 Å². The maximum absolute atomic E-state index is 12.2. The smallest absolute Gasteiger partial charge is 0.239 e. The number of likely N-dealkylation sites (N-methyl/N-ethyl adjacent to an activating group) is 2. The average Bonchev–Trinajstić information content (AvgIpc) is 2.25. The molecule has 4 nitrogen and oxygen atoms in total. The van der Waals surface area contributed by atoms with E-state index in [4.69, 9.17) is 0 Å². The van der Waals surface area contributed by atoms with Gasteiger partial charge in [-0.3, -0.25) is 4.79 Å². The van der Waals surface area contributed by atoms with Gasteiger partial charge in [0.15, 0.2) is 0 Å². The third-order valence-corrected chi connectivity index (χ3v) is 3.29. The predicted molar refractivity (Wildman–Crippen MR) is 66.4 cm³/mol. The number of rotatable bonds is 4. The molecule has 0 aromatic carbocycles. The first-order valence-corrected chi connectivity index (χ1v) is 6.15. The Kier molecular flexibility index (Phi) is 5.22. The van der Waals surface area contributed by atoms with E-state index in [0.29, 0.717) is 5.92 Å². The molecule has 16 heavy (non-hydrogen) atoms. The lowest BCUT2D eigenvalue weighted by Crippen LogP contribution is -2.52. The molecule has 1 N–H and O–H groups in total. The molecule has 0 aliphatic carbocycles. The molecule has 0 saturated carbocycles. The van der Waals surface area contributed by atoms with Crippen LogP contribution < -0.4 is 5.32 Å². The monoisotopic (exact) mass is 227 g/mol. The van der Waals surface area contributed by atoms with Crippen LogP contribution in [-0.2, 0) is 4.79 Å². The average molecular weight is 227 g/mol. The number of carbonyl (C=O) groups excluding carboxylic acids is 1. The third-order valence-electron chi connectivity index (χ3n) is 3.29. The Labute approximate surface area is 99.0 Å². The molecule has 4 heteroatoms. The highest BCUT2D eigenvalue weighted by atomic mass is 16.2. The summed E-state index contributed by atoms with van der Waals surface area (Å²) in [6.07, 6.45) is 2.34. The van der Waals surface area contributed by atoms with Gasteiger partial charge in [-0.15, -0.1) is 0 Å². The summed E-state index contributed by atoms with van der Waals surface area (Å²) in [6.45, 7) is 4.86. The molecule has 94 valence electrons.